The summed E-state index contributed by atoms with van der Waals surface area (Å²) in [5.41, 5.74) is 0.926. The van der Waals surface area contributed by atoms with Crippen LogP contribution in [-0.4, -0.2) is 26.6 Å². The molecule has 1 N–H and O–H groups in total. The number of hydrogen-bond donors (Lipinski definition) is 1. The molecule has 0 aliphatic heterocycles. The zero-order valence-corrected chi connectivity index (χ0v) is 14.8. The van der Waals surface area contributed by atoms with Gasteiger partial charge in [-0.05, 0) is 27.2 Å². The molecule has 7 heteroatoms. The second-order valence-electron chi connectivity index (χ2n) is 5.78. The Labute approximate surface area is 138 Å². The first kappa shape index (κ1) is 17.1. The fourth-order valence-electron chi connectivity index (χ4n) is 1.86. The molecule has 0 aliphatic carbocycles. The molecule has 2 aromatic heterocycles. The fourth-order valence-corrected chi connectivity index (χ4v) is 3.67. The van der Waals surface area contributed by atoms with Crippen molar-refractivity contribution in [3.8, 4) is 10.6 Å². The van der Waals surface area contributed by atoms with Gasteiger partial charge in [-0.1, -0.05) is 6.92 Å². The molecule has 0 spiro atoms. The lowest BCUT2D eigenvalue weighted by Gasteiger charge is -2.18. The number of nitrogens with zero attached hydrogens (tertiary/aromatic N) is 2. The summed E-state index contributed by atoms with van der Waals surface area (Å²) in [6, 6.07) is 0. The average molecular weight is 340 g/mol. The third-order valence-electron chi connectivity index (χ3n) is 2.69. The van der Waals surface area contributed by atoms with Gasteiger partial charge in [-0.25, -0.2) is 9.97 Å². The van der Waals surface area contributed by atoms with Gasteiger partial charge in [0.2, 0.25) is 0 Å². The van der Waals surface area contributed by atoms with Gasteiger partial charge < -0.3 is 9.84 Å². The molecule has 0 saturated carbocycles. The number of aromatic nitrogens is 2. The van der Waals surface area contributed by atoms with Crippen molar-refractivity contribution in [2.45, 2.75) is 52.7 Å². The molecule has 0 unspecified atom stereocenters. The third kappa shape index (κ3) is 4.34. The number of aliphatic hydroxyl groups excluding tert-OH is 1. The summed E-state index contributed by atoms with van der Waals surface area (Å²) in [5, 5.41) is 13.0. The van der Waals surface area contributed by atoms with Gasteiger partial charge >= 0.3 is 5.97 Å². The van der Waals surface area contributed by atoms with Crippen LogP contribution in [0.2, 0.25) is 0 Å². The average Bonchev–Trinajstić information content (AvgIpc) is 3.01. The van der Waals surface area contributed by atoms with Crippen molar-refractivity contribution in [3.05, 3.63) is 21.1 Å². The Hall–Kier alpha value is -1.31. The summed E-state index contributed by atoms with van der Waals surface area (Å²) in [6.45, 7) is 7.45. The van der Waals surface area contributed by atoms with Crippen LogP contribution in [0.15, 0.2) is 5.38 Å². The van der Waals surface area contributed by atoms with Crippen LogP contribution >= 0.6 is 22.7 Å². The van der Waals surface area contributed by atoms with Gasteiger partial charge in [0.05, 0.1) is 34.3 Å². The summed E-state index contributed by atoms with van der Waals surface area (Å²) in [4.78, 5) is 21.6. The van der Waals surface area contributed by atoms with Crippen molar-refractivity contribution in [1.82, 2.24) is 9.97 Å². The highest BCUT2D eigenvalue weighted by molar-refractivity contribution is 7.16. The summed E-state index contributed by atoms with van der Waals surface area (Å²) >= 11 is 2.96. The molecule has 120 valence electrons. The van der Waals surface area contributed by atoms with Gasteiger partial charge in [0, 0.05) is 5.38 Å². The van der Waals surface area contributed by atoms with Gasteiger partial charge in [0.15, 0.2) is 0 Å². The lowest BCUT2D eigenvalue weighted by molar-refractivity contribution is -0.153. The Kier molecular flexibility index (Phi) is 5.31. The minimum atomic E-state index is -0.491. The molecule has 0 amide bonds. The van der Waals surface area contributed by atoms with Gasteiger partial charge in [-0.15, -0.1) is 22.7 Å². The monoisotopic (exact) mass is 340 g/mol. The fraction of sp³-hybridized carbons (Fsp3) is 0.533. The van der Waals surface area contributed by atoms with Gasteiger partial charge in [0.1, 0.15) is 10.6 Å². The first-order valence-electron chi connectivity index (χ1n) is 7.08. The maximum atomic E-state index is 11.8. The van der Waals surface area contributed by atoms with E-state index in [-0.39, 0.29) is 19.0 Å². The van der Waals surface area contributed by atoms with E-state index in [2.05, 4.69) is 9.97 Å². The van der Waals surface area contributed by atoms with Crippen LogP contribution < -0.4 is 0 Å². The molecule has 2 heterocycles. The van der Waals surface area contributed by atoms with Crippen LogP contribution in [0.3, 0.4) is 0 Å². The number of carbonyl (C=O) groups is 1. The number of carbonyl (C=O) groups excluding carboxylic acids is 1. The summed E-state index contributed by atoms with van der Waals surface area (Å²) < 4.78 is 5.30. The maximum Gasteiger partial charge on any atom is 0.313 e. The number of hydrogen-bond acceptors (Lipinski definition) is 7. The highest BCUT2D eigenvalue weighted by Crippen LogP contribution is 2.32. The van der Waals surface area contributed by atoms with E-state index in [1.54, 1.807) is 0 Å². The SMILES string of the molecule is CCc1nc(CO)c(-c2csc(CC(=O)OC(C)(C)C)n2)s1. The van der Waals surface area contributed by atoms with Crippen LogP contribution in [0.4, 0.5) is 0 Å². The molecule has 0 aliphatic rings. The molecule has 0 fully saturated rings. The Morgan fingerprint density at radius 3 is 2.64 bits per heavy atom. The minimum Gasteiger partial charge on any atom is -0.460 e. The van der Waals surface area contributed by atoms with Gasteiger partial charge in [-0.2, -0.15) is 0 Å². The van der Waals surface area contributed by atoms with Gasteiger partial charge in [-0.3, -0.25) is 4.79 Å². The lowest BCUT2D eigenvalue weighted by Crippen LogP contribution is -2.24. The first-order valence-corrected chi connectivity index (χ1v) is 8.78. The van der Waals surface area contributed by atoms with E-state index in [9.17, 15) is 9.90 Å². The van der Waals surface area contributed by atoms with Crippen LogP contribution in [0, 0.1) is 0 Å². The molecule has 2 aromatic rings. The Bertz CT molecular complexity index is 656. The topological polar surface area (TPSA) is 72.3 Å². The standard InChI is InChI=1S/C15H20N2O3S2/c1-5-11-16-9(7-18)14(22-11)10-8-21-12(17-10)6-13(19)20-15(2,3)4/h8,18H,5-7H2,1-4H3. The molecule has 0 radical (unpaired) electrons. The molecular weight excluding hydrogens is 320 g/mol. The van der Waals surface area contributed by atoms with Crippen molar-refractivity contribution in [2.24, 2.45) is 0 Å². The summed E-state index contributed by atoms with van der Waals surface area (Å²) in [5.74, 6) is -0.283. The van der Waals surface area contributed by atoms with E-state index in [0.29, 0.717) is 10.7 Å². The van der Waals surface area contributed by atoms with Crippen LogP contribution in [0.25, 0.3) is 10.6 Å². The molecule has 0 atom stereocenters. The van der Waals surface area contributed by atoms with Crippen molar-refractivity contribution >= 4 is 28.6 Å². The van der Waals surface area contributed by atoms with Crippen LogP contribution in [0.5, 0.6) is 0 Å². The number of aryl methyl sites for hydroxylation is 1. The predicted molar refractivity (Wildman–Crippen MR) is 88.1 cm³/mol. The molecule has 0 bridgehead atoms. The second-order valence-corrected chi connectivity index (χ2v) is 7.81. The second kappa shape index (κ2) is 6.85. The quantitative estimate of drug-likeness (QED) is 0.846. The van der Waals surface area contributed by atoms with E-state index in [1.165, 1.54) is 22.7 Å². The van der Waals surface area contributed by atoms with Crippen molar-refractivity contribution < 1.29 is 14.6 Å². The van der Waals surface area contributed by atoms with E-state index in [0.717, 1.165) is 22.0 Å². The lowest BCUT2D eigenvalue weighted by atomic mass is 10.2. The number of thiazole rings is 2. The third-order valence-corrected chi connectivity index (χ3v) is 4.81. The largest absolute Gasteiger partial charge is 0.460 e. The molecule has 22 heavy (non-hydrogen) atoms. The van der Waals surface area contributed by atoms with E-state index in [1.807, 2.05) is 33.1 Å². The zero-order valence-electron chi connectivity index (χ0n) is 13.2. The molecule has 2 rings (SSSR count). The molecular formula is C15H20N2O3S2. The zero-order chi connectivity index (χ0) is 16.3. The van der Waals surface area contributed by atoms with Gasteiger partial charge in [0.25, 0.3) is 0 Å². The van der Waals surface area contributed by atoms with Crippen molar-refractivity contribution in [2.75, 3.05) is 0 Å². The summed E-state index contributed by atoms with van der Waals surface area (Å²) in [7, 11) is 0. The number of esters is 1. The van der Waals surface area contributed by atoms with Crippen LogP contribution in [0.1, 0.15) is 43.4 Å². The van der Waals surface area contributed by atoms with E-state index >= 15 is 0 Å². The number of rotatable bonds is 5. The molecule has 0 aromatic carbocycles. The minimum absolute atomic E-state index is 0.106. The maximum absolute atomic E-state index is 11.8. The smallest absolute Gasteiger partial charge is 0.313 e. The van der Waals surface area contributed by atoms with E-state index in [4.69, 9.17) is 4.74 Å². The Balaban J connectivity index is 2.15. The normalized spacial score (nSPS) is 11.7. The molecule has 5 nitrogen and oxygen atoms in total. The number of ether oxygens (including phenoxy) is 1. The summed E-state index contributed by atoms with van der Waals surface area (Å²) in [6.07, 6.45) is 0.988. The Morgan fingerprint density at radius 1 is 1.32 bits per heavy atom. The van der Waals surface area contributed by atoms with Crippen LogP contribution in [-0.2, 0) is 29.0 Å². The van der Waals surface area contributed by atoms with E-state index < -0.39 is 5.60 Å². The first-order chi connectivity index (χ1) is 10.3. The number of aliphatic hydroxyl groups is 1. The predicted octanol–water partition coefficient (Wildman–Crippen LogP) is 3.21. The van der Waals surface area contributed by atoms with Crippen molar-refractivity contribution in [1.29, 1.82) is 0 Å². The highest BCUT2D eigenvalue weighted by atomic mass is 32.1. The Morgan fingerprint density at radius 2 is 2.05 bits per heavy atom. The molecule has 0 saturated heterocycles. The highest BCUT2D eigenvalue weighted by Gasteiger charge is 2.19. The van der Waals surface area contributed by atoms with Crippen molar-refractivity contribution in [3.63, 3.8) is 0 Å².